The molecule has 6 heteroatoms. The highest BCUT2D eigenvalue weighted by Crippen LogP contribution is 2.18. The van der Waals surface area contributed by atoms with Gasteiger partial charge in [0, 0.05) is 6.42 Å². The predicted octanol–water partition coefficient (Wildman–Crippen LogP) is 3.34. The second kappa shape index (κ2) is 6.78. The van der Waals surface area contributed by atoms with Gasteiger partial charge in [-0.25, -0.2) is 4.39 Å². The minimum atomic E-state index is -0.367. The summed E-state index contributed by atoms with van der Waals surface area (Å²) in [6, 6.07) is 9.54. The van der Waals surface area contributed by atoms with E-state index in [9.17, 15) is 9.18 Å². The number of carbonyl (C=O) groups excluding carboxylic acids is 1. The van der Waals surface area contributed by atoms with Crippen molar-refractivity contribution in [3.63, 3.8) is 0 Å². The van der Waals surface area contributed by atoms with E-state index in [-0.39, 0.29) is 17.6 Å². The zero-order valence-electron chi connectivity index (χ0n) is 11.9. The van der Waals surface area contributed by atoms with Gasteiger partial charge in [-0.15, -0.1) is 10.2 Å². The van der Waals surface area contributed by atoms with Crippen LogP contribution < -0.4 is 10.6 Å². The molecule has 0 saturated heterocycles. The molecule has 2 rings (SSSR count). The van der Waals surface area contributed by atoms with E-state index in [4.69, 9.17) is 0 Å². The van der Waals surface area contributed by atoms with Gasteiger partial charge < -0.3 is 10.6 Å². The molecule has 1 heterocycles. The minimum Gasteiger partial charge on any atom is -0.336 e. The number of carbonyl (C=O) groups is 1. The lowest BCUT2D eigenvalue weighted by molar-refractivity contribution is -0.116. The molecule has 0 aliphatic rings. The standard InChI is InChI=1S/C15H17FN4O/c1-10(2)9-15(21)18-14-8-7-13(19-20-14)17-12-6-4-3-5-11(12)16/h3-8,10H,9H2,1-2H3,(H,17,19)(H,18,20,21). The zero-order valence-corrected chi connectivity index (χ0v) is 11.9. The molecule has 0 atom stereocenters. The second-order valence-electron chi connectivity index (χ2n) is 5.05. The SMILES string of the molecule is CC(C)CC(=O)Nc1ccc(Nc2ccccc2F)nn1. The number of aromatic nitrogens is 2. The molecule has 2 N–H and O–H groups in total. The lowest BCUT2D eigenvalue weighted by Gasteiger charge is -2.08. The average Bonchev–Trinajstić information content (AvgIpc) is 2.42. The van der Waals surface area contributed by atoms with Crippen LogP contribution in [0.25, 0.3) is 0 Å². The monoisotopic (exact) mass is 288 g/mol. The van der Waals surface area contributed by atoms with Crippen molar-refractivity contribution in [3.8, 4) is 0 Å². The number of nitrogens with one attached hydrogen (secondary N) is 2. The molecule has 0 bridgehead atoms. The van der Waals surface area contributed by atoms with Crippen LogP contribution in [0.1, 0.15) is 20.3 Å². The van der Waals surface area contributed by atoms with E-state index in [1.54, 1.807) is 30.3 Å². The van der Waals surface area contributed by atoms with Gasteiger partial charge in [-0.1, -0.05) is 26.0 Å². The molecule has 0 aliphatic carbocycles. The summed E-state index contributed by atoms with van der Waals surface area (Å²) in [5.41, 5.74) is 0.323. The molecular formula is C15H17FN4O. The van der Waals surface area contributed by atoms with Crippen molar-refractivity contribution in [2.24, 2.45) is 5.92 Å². The highest BCUT2D eigenvalue weighted by Gasteiger charge is 2.07. The Morgan fingerprint density at radius 3 is 2.43 bits per heavy atom. The largest absolute Gasteiger partial charge is 0.336 e. The van der Waals surface area contributed by atoms with Crippen molar-refractivity contribution in [3.05, 3.63) is 42.2 Å². The molecule has 1 aromatic carbocycles. The number of halogens is 1. The minimum absolute atomic E-state index is 0.103. The van der Waals surface area contributed by atoms with Crippen molar-refractivity contribution in [2.75, 3.05) is 10.6 Å². The Morgan fingerprint density at radius 2 is 1.81 bits per heavy atom. The van der Waals surface area contributed by atoms with Gasteiger partial charge in [0.05, 0.1) is 5.69 Å². The highest BCUT2D eigenvalue weighted by molar-refractivity contribution is 5.89. The van der Waals surface area contributed by atoms with Gasteiger partial charge in [0.2, 0.25) is 5.91 Å². The fraction of sp³-hybridized carbons (Fsp3) is 0.267. The van der Waals surface area contributed by atoms with Crippen LogP contribution >= 0.6 is 0 Å². The van der Waals surface area contributed by atoms with Crippen LogP contribution in [0.5, 0.6) is 0 Å². The third kappa shape index (κ3) is 4.52. The molecular weight excluding hydrogens is 271 g/mol. The average molecular weight is 288 g/mol. The van der Waals surface area contributed by atoms with Crippen LogP contribution in [0.4, 0.5) is 21.7 Å². The van der Waals surface area contributed by atoms with Gasteiger partial charge in [-0.05, 0) is 30.2 Å². The molecule has 2 aromatic rings. The summed E-state index contributed by atoms with van der Waals surface area (Å²) in [5, 5.41) is 13.3. The van der Waals surface area contributed by atoms with E-state index in [1.807, 2.05) is 13.8 Å². The molecule has 0 saturated carbocycles. The Labute approximate surface area is 122 Å². The molecule has 0 spiro atoms. The first-order valence-electron chi connectivity index (χ1n) is 6.69. The van der Waals surface area contributed by atoms with E-state index in [0.717, 1.165) is 0 Å². The quantitative estimate of drug-likeness (QED) is 0.885. The third-order valence-corrected chi connectivity index (χ3v) is 2.66. The summed E-state index contributed by atoms with van der Waals surface area (Å²) in [4.78, 5) is 11.6. The third-order valence-electron chi connectivity index (χ3n) is 2.66. The van der Waals surface area contributed by atoms with Crippen molar-refractivity contribution in [1.29, 1.82) is 0 Å². The number of benzene rings is 1. The number of hydrogen-bond donors (Lipinski definition) is 2. The van der Waals surface area contributed by atoms with E-state index in [0.29, 0.717) is 23.7 Å². The first-order valence-corrected chi connectivity index (χ1v) is 6.69. The Hall–Kier alpha value is -2.50. The first kappa shape index (κ1) is 14.9. The number of rotatable bonds is 5. The van der Waals surface area contributed by atoms with Crippen LogP contribution in [-0.2, 0) is 4.79 Å². The van der Waals surface area contributed by atoms with E-state index < -0.39 is 0 Å². The fourth-order valence-corrected chi connectivity index (χ4v) is 1.73. The van der Waals surface area contributed by atoms with Gasteiger partial charge in [0.15, 0.2) is 11.6 Å². The van der Waals surface area contributed by atoms with Crippen LogP contribution in [0, 0.1) is 11.7 Å². The number of nitrogens with zero attached hydrogens (tertiary/aromatic N) is 2. The normalized spacial score (nSPS) is 10.5. The maximum atomic E-state index is 13.5. The smallest absolute Gasteiger partial charge is 0.225 e. The summed E-state index contributed by atoms with van der Waals surface area (Å²) in [6.07, 6.45) is 0.427. The van der Waals surface area contributed by atoms with Gasteiger partial charge in [-0.3, -0.25) is 4.79 Å². The fourth-order valence-electron chi connectivity index (χ4n) is 1.73. The van der Waals surface area contributed by atoms with Crippen LogP contribution in [0.15, 0.2) is 36.4 Å². The Bertz CT molecular complexity index is 613. The van der Waals surface area contributed by atoms with Crippen molar-refractivity contribution >= 4 is 23.2 Å². The number of anilines is 3. The van der Waals surface area contributed by atoms with Crippen LogP contribution in [0.3, 0.4) is 0 Å². The van der Waals surface area contributed by atoms with E-state index >= 15 is 0 Å². The van der Waals surface area contributed by atoms with E-state index in [2.05, 4.69) is 20.8 Å². The zero-order chi connectivity index (χ0) is 15.2. The highest BCUT2D eigenvalue weighted by atomic mass is 19.1. The molecule has 110 valence electrons. The topological polar surface area (TPSA) is 66.9 Å². The Balaban J connectivity index is 1.99. The van der Waals surface area contributed by atoms with Crippen molar-refractivity contribution in [2.45, 2.75) is 20.3 Å². The van der Waals surface area contributed by atoms with E-state index in [1.165, 1.54) is 6.07 Å². The molecule has 0 fully saturated rings. The summed E-state index contributed by atoms with van der Waals surface area (Å²) in [7, 11) is 0. The Morgan fingerprint density at radius 1 is 1.14 bits per heavy atom. The maximum Gasteiger partial charge on any atom is 0.225 e. The second-order valence-corrected chi connectivity index (χ2v) is 5.05. The number of hydrogen-bond acceptors (Lipinski definition) is 4. The molecule has 0 radical (unpaired) electrons. The summed E-state index contributed by atoms with van der Waals surface area (Å²) in [5.74, 6) is 0.587. The van der Waals surface area contributed by atoms with Crippen LogP contribution in [-0.4, -0.2) is 16.1 Å². The van der Waals surface area contributed by atoms with Crippen molar-refractivity contribution < 1.29 is 9.18 Å². The lowest BCUT2D eigenvalue weighted by Crippen LogP contribution is -2.15. The van der Waals surface area contributed by atoms with Gasteiger partial charge >= 0.3 is 0 Å². The lowest BCUT2D eigenvalue weighted by atomic mass is 10.1. The maximum absolute atomic E-state index is 13.5. The van der Waals surface area contributed by atoms with Crippen LogP contribution in [0.2, 0.25) is 0 Å². The Kier molecular flexibility index (Phi) is 4.81. The number of amides is 1. The van der Waals surface area contributed by atoms with Gasteiger partial charge in [0.25, 0.3) is 0 Å². The first-order chi connectivity index (χ1) is 10.0. The van der Waals surface area contributed by atoms with Crippen molar-refractivity contribution in [1.82, 2.24) is 10.2 Å². The van der Waals surface area contributed by atoms with Gasteiger partial charge in [0.1, 0.15) is 5.82 Å². The van der Waals surface area contributed by atoms with Gasteiger partial charge in [-0.2, -0.15) is 0 Å². The molecule has 1 aromatic heterocycles. The molecule has 1 amide bonds. The molecule has 21 heavy (non-hydrogen) atoms. The summed E-state index contributed by atoms with van der Waals surface area (Å²) >= 11 is 0. The summed E-state index contributed by atoms with van der Waals surface area (Å²) in [6.45, 7) is 3.93. The molecule has 0 unspecified atom stereocenters. The predicted molar refractivity (Wildman–Crippen MR) is 79.8 cm³/mol. The number of para-hydroxylation sites is 1. The molecule has 0 aliphatic heterocycles. The summed E-state index contributed by atoms with van der Waals surface area (Å²) < 4.78 is 13.5. The molecule has 5 nitrogen and oxygen atoms in total.